The number of carbonyl (C=O) groups excluding carboxylic acids is 2. The Hall–Kier alpha value is -3.21. The molecule has 1 atom stereocenters. The van der Waals surface area contributed by atoms with Gasteiger partial charge >= 0.3 is 0 Å². The zero-order valence-electron chi connectivity index (χ0n) is 23.6. The van der Waals surface area contributed by atoms with Crippen LogP contribution in [0.5, 0.6) is 0 Å². The van der Waals surface area contributed by atoms with Gasteiger partial charge in [-0.2, -0.15) is 0 Å². The average Bonchev–Trinajstić information content (AvgIpc) is 2.97. The van der Waals surface area contributed by atoms with Crippen molar-refractivity contribution in [2.45, 2.75) is 57.2 Å². The zero-order chi connectivity index (χ0) is 31.1. The molecule has 0 radical (unpaired) electrons. The van der Waals surface area contributed by atoms with Crippen molar-refractivity contribution in [2.24, 2.45) is 0 Å². The Kier molecular flexibility index (Phi) is 11.0. The summed E-state index contributed by atoms with van der Waals surface area (Å²) in [6.07, 6.45) is 5.64. The largest absolute Gasteiger partial charge is 0.352 e. The second kappa shape index (κ2) is 14.5. The third kappa shape index (κ3) is 8.68. The van der Waals surface area contributed by atoms with Crippen molar-refractivity contribution >= 4 is 50.7 Å². The average molecular weight is 653 g/mol. The number of hydrogen-bond donors (Lipinski definition) is 1. The maximum atomic E-state index is 14.2. The molecule has 0 bridgehead atoms. The van der Waals surface area contributed by atoms with Crippen molar-refractivity contribution in [3.8, 4) is 0 Å². The monoisotopic (exact) mass is 651 g/mol. The van der Waals surface area contributed by atoms with Crippen LogP contribution in [0.1, 0.15) is 43.2 Å². The summed E-state index contributed by atoms with van der Waals surface area (Å²) < 4.78 is 54.1. The molecular formula is C31H33Cl2F2N3O4S. The summed E-state index contributed by atoms with van der Waals surface area (Å²) >= 11 is 13.0. The van der Waals surface area contributed by atoms with Crippen molar-refractivity contribution in [1.29, 1.82) is 0 Å². The third-order valence-corrected chi connectivity index (χ3v) is 9.33. The van der Waals surface area contributed by atoms with Gasteiger partial charge in [0.25, 0.3) is 0 Å². The molecule has 0 unspecified atom stereocenters. The number of sulfonamides is 1. The fourth-order valence-electron chi connectivity index (χ4n) is 5.21. The molecule has 1 N–H and O–H groups in total. The van der Waals surface area contributed by atoms with E-state index in [4.69, 9.17) is 23.2 Å². The Morgan fingerprint density at radius 3 is 2.19 bits per heavy atom. The molecule has 0 heterocycles. The molecule has 2 amide bonds. The Morgan fingerprint density at radius 2 is 1.58 bits per heavy atom. The van der Waals surface area contributed by atoms with Crippen molar-refractivity contribution in [1.82, 2.24) is 10.2 Å². The molecule has 3 aromatic carbocycles. The first-order valence-electron chi connectivity index (χ1n) is 13.9. The highest BCUT2D eigenvalue weighted by Crippen LogP contribution is 2.28. The van der Waals surface area contributed by atoms with E-state index in [1.807, 2.05) is 30.3 Å². The summed E-state index contributed by atoms with van der Waals surface area (Å²) in [5, 5.41) is 3.62. The Balaban J connectivity index is 1.76. The van der Waals surface area contributed by atoms with E-state index in [2.05, 4.69) is 5.32 Å². The van der Waals surface area contributed by atoms with Gasteiger partial charge in [-0.05, 0) is 42.7 Å². The lowest BCUT2D eigenvalue weighted by molar-refractivity contribution is -0.140. The fourth-order valence-corrected chi connectivity index (χ4v) is 6.56. The number of nitrogens with one attached hydrogen (secondary N) is 1. The number of rotatable bonds is 11. The first-order chi connectivity index (χ1) is 20.4. The van der Waals surface area contributed by atoms with E-state index in [1.54, 1.807) is 18.2 Å². The van der Waals surface area contributed by atoms with Crippen molar-refractivity contribution in [2.75, 3.05) is 17.1 Å². The highest BCUT2D eigenvalue weighted by molar-refractivity contribution is 7.92. The lowest BCUT2D eigenvalue weighted by atomic mass is 9.94. The molecule has 1 aliphatic rings. The molecule has 0 spiro atoms. The van der Waals surface area contributed by atoms with Gasteiger partial charge in [0.1, 0.15) is 12.6 Å². The topological polar surface area (TPSA) is 86.8 Å². The molecular weight excluding hydrogens is 619 g/mol. The minimum Gasteiger partial charge on any atom is -0.352 e. The maximum Gasteiger partial charge on any atom is 0.244 e. The van der Waals surface area contributed by atoms with Crippen LogP contribution in [0, 0.1) is 11.6 Å². The van der Waals surface area contributed by atoms with E-state index in [-0.39, 0.29) is 34.7 Å². The standard InChI is InChI=1S/C31H33Cl2F2N3O4S/c1-43(41,42)38(23-15-16-27(34)28(35)18-23)20-30(39)37(19-24-25(32)13-8-14-26(24)33)29(17-21-9-4-2-5-10-21)31(40)36-22-11-6-3-7-12-22/h2,4-5,8-10,13-16,18,22,29H,3,6-7,11-12,17,19-20H2,1H3,(H,36,40)/t29-/m0/s1. The molecule has 230 valence electrons. The number of amides is 2. The van der Waals surface area contributed by atoms with Crippen LogP contribution in [0.4, 0.5) is 14.5 Å². The summed E-state index contributed by atoms with van der Waals surface area (Å²) in [4.78, 5) is 29.4. The summed E-state index contributed by atoms with van der Waals surface area (Å²) in [5.74, 6) is -3.59. The summed E-state index contributed by atoms with van der Waals surface area (Å²) in [7, 11) is -4.15. The van der Waals surface area contributed by atoms with Crippen LogP contribution in [0.25, 0.3) is 0 Å². The van der Waals surface area contributed by atoms with Crippen LogP contribution in [0.2, 0.25) is 10.0 Å². The quantitative estimate of drug-likeness (QED) is 0.270. The molecule has 0 saturated heterocycles. The second-order valence-electron chi connectivity index (χ2n) is 10.6. The Bertz CT molecular complexity index is 1530. The van der Waals surface area contributed by atoms with Crippen LogP contribution >= 0.6 is 23.2 Å². The fraction of sp³-hybridized carbons (Fsp3) is 0.355. The van der Waals surface area contributed by atoms with Gasteiger partial charge in [-0.25, -0.2) is 17.2 Å². The zero-order valence-corrected chi connectivity index (χ0v) is 25.9. The highest BCUT2D eigenvalue weighted by Gasteiger charge is 2.35. The van der Waals surface area contributed by atoms with E-state index in [0.717, 1.165) is 56.1 Å². The van der Waals surface area contributed by atoms with Gasteiger partial charge in [0.15, 0.2) is 11.6 Å². The summed E-state index contributed by atoms with van der Waals surface area (Å²) in [6.45, 7) is -0.990. The number of benzene rings is 3. The lowest BCUT2D eigenvalue weighted by Crippen LogP contribution is -2.55. The van der Waals surface area contributed by atoms with Crippen LogP contribution in [0.3, 0.4) is 0 Å². The SMILES string of the molecule is CS(=O)(=O)N(CC(=O)N(Cc1c(Cl)cccc1Cl)[C@@H](Cc1ccccc1)C(=O)NC1CCCCC1)c1ccc(F)c(F)c1. The molecule has 1 saturated carbocycles. The van der Waals surface area contributed by atoms with Crippen molar-refractivity contribution in [3.05, 3.63) is 99.5 Å². The van der Waals surface area contributed by atoms with E-state index < -0.39 is 46.1 Å². The van der Waals surface area contributed by atoms with Crippen molar-refractivity contribution < 1.29 is 26.8 Å². The van der Waals surface area contributed by atoms with E-state index in [1.165, 1.54) is 4.90 Å². The minimum atomic E-state index is -4.15. The minimum absolute atomic E-state index is 0.0601. The molecule has 1 aliphatic carbocycles. The predicted octanol–water partition coefficient (Wildman–Crippen LogP) is 6.13. The smallest absolute Gasteiger partial charge is 0.244 e. The highest BCUT2D eigenvalue weighted by atomic mass is 35.5. The van der Waals surface area contributed by atoms with Gasteiger partial charge in [-0.1, -0.05) is 78.9 Å². The second-order valence-corrected chi connectivity index (χ2v) is 13.4. The van der Waals surface area contributed by atoms with Gasteiger partial charge in [-0.3, -0.25) is 13.9 Å². The van der Waals surface area contributed by atoms with E-state index in [9.17, 15) is 26.8 Å². The van der Waals surface area contributed by atoms with Gasteiger partial charge in [0.2, 0.25) is 21.8 Å². The molecule has 7 nitrogen and oxygen atoms in total. The van der Waals surface area contributed by atoms with Gasteiger partial charge in [0.05, 0.1) is 11.9 Å². The Labute approximate surface area is 260 Å². The maximum absolute atomic E-state index is 14.2. The molecule has 0 aliphatic heterocycles. The first kappa shape index (κ1) is 32.7. The predicted molar refractivity (Wildman–Crippen MR) is 165 cm³/mol. The normalized spacial score (nSPS) is 14.6. The molecule has 43 heavy (non-hydrogen) atoms. The number of halogens is 4. The van der Waals surface area contributed by atoms with Gasteiger partial charge < -0.3 is 10.2 Å². The lowest BCUT2D eigenvalue weighted by Gasteiger charge is -2.35. The molecule has 0 aromatic heterocycles. The van der Waals surface area contributed by atoms with E-state index in [0.29, 0.717) is 15.9 Å². The summed E-state index contributed by atoms with van der Waals surface area (Å²) in [5.41, 5.74) is 0.910. The van der Waals surface area contributed by atoms with Crippen LogP contribution in [-0.2, 0) is 32.6 Å². The van der Waals surface area contributed by atoms with E-state index >= 15 is 0 Å². The summed E-state index contributed by atoms with van der Waals surface area (Å²) in [6, 6.07) is 15.4. The van der Waals surface area contributed by atoms with Gasteiger partial charge in [0, 0.05) is 40.7 Å². The Morgan fingerprint density at radius 1 is 0.930 bits per heavy atom. The number of carbonyl (C=O) groups is 2. The van der Waals surface area contributed by atoms with Crippen molar-refractivity contribution in [3.63, 3.8) is 0 Å². The van der Waals surface area contributed by atoms with Crippen LogP contribution < -0.4 is 9.62 Å². The molecule has 4 rings (SSSR count). The van der Waals surface area contributed by atoms with Gasteiger partial charge in [-0.15, -0.1) is 0 Å². The third-order valence-electron chi connectivity index (χ3n) is 7.48. The number of anilines is 1. The van der Waals surface area contributed by atoms with Crippen LogP contribution in [0.15, 0.2) is 66.7 Å². The van der Waals surface area contributed by atoms with Crippen LogP contribution in [-0.4, -0.2) is 50.0 Å². The number of nitrogens with zero attached hydrogens (tertiary/aromatic N) is 2. The first-order valence-corrected chi connectivity index (χ1v) is 16.5. The number of hydrogen-bond acceptors (Lipinski definition) is 4. The molecule has 1 fully saturated rings. The molecule has 3 aromatic rings. The molecule has 12 heteroatoms.